The molecule has 0 radical (unpaired) electrons. The molecule has 0 aliphatic heterocycles. The summed E-state index contributed by atoms with van der Waals surface area (Å²) < 4.78 is 79.7. The molecular weight excluding hydrogens is 406 g/mol. The summed E-state index contributed by atoms with van der Waals surface area (Å²) in [5.74, 6) is 0. The van der Waals surface area contributed by atoms with Crippen molar-refractivity contribution in [3.05, 3.63) is 88.1 Å². The third kappa shape index (κ3) is 4.66. The van der Waals surface area contributed by atoms with Gasteiger partial charge in [0.15, 0.2) is 0 Å². The van der Waals surface area contributed by atoms with Crippen molar-refractivity contribution < 1.29 is 26.3 Å². The molecule has 0 fully saturated rings. The highest BCUT2D eigenvalue weighted by atomic mass is 28.3. The van der Waals surface area contributed by atoms with E-state index in [1.807, 2.05) is 55.6 Å². The van der Waals surface area contributed by atoms with E-state index in [1.165, 1.54) is 0 Å². The molecule has 0 amide bonds. The highest BCUT2D eigenvalue weighted by Gasteiger charge is 2.40. The second-order valence-corrected chi connectivity index (χ2v) is 12.1. The van der Waals surface area contributed by atoms with Gasteiger partial charge in [-0.3, -0.25) is 0 Å². The van der Waals surface area contributed by atoms with Gasteiger partial charge in [-0.2, -0.15) is 26.3 Å². The molecule has 1 aliphatic carbocycles. The summed E-state index contributed by atoms with van der Waals surface area (Å²) in [6.45, 7) is 3.63. The van der Waals surface area contributed by atoms with Crippen LogP contribution < -0.4 is 5.19 Å². The van der Waals surface area contributed by atoms with Crippen molar-refractivity contribution in [1.82, 2.24) is 0 Å². The number of alkyl halides is 6. The first-order valence-electron chi connectivity index (χ1n) is 9.12. The summed E-state index contributed by atoms with van der Waals surface area (Å²) >= 11 is 0. The summed E-state index contributed by atoms with van der Waals surface area (Å²) in [4.78, 5) is 0. The van der Waals surface area contributed by atoms with Crippen LogP contribution in [0.1, 0.15) is 23.1 Å². The Bertz CT molecular complexity index is 917. The molecule has 1 aliphatic rings. The quantitative estimate of drug-likeness (QED) is 0.378. The summed E-state index contributed by atoms with van der Waals surface area (Å²) in [5.41, 5.74) is -0.464. The van der Waals surface area contributed by atoms with Crippen LogP contribution in [0.4, 0.5) is 26.3 Å². The van der Waals surface area contributed by atoms with Crippen LogP contribution in [0.25, 0.3) is 0 Å². The Kier molecular flexibility index (Phi) is 5.55. The molecule has 0 unspecified atom stereocenters. The predicted octanol–water partition coefficient (Wildman–Crippen LogP) is 6.68. The molecule has 0 atom stereocenters. The smallest absolute Gasteiger partial charge is 0.166 e. The van der Waals surface area contributed by atoms with Gasteiger partial charge >= 0.3 is 12.4 Å². The van der Waals surface area contributed by atoms with Crippen LogP contribution in [0.2, 0.25) is 13.1 Å². The molecule has 2 aromatic rings. The van der Waals surface area contributed by atoms with Crippen LogP contribution in [-0.4, -0.2) is 8.07 Å². The van der Waals surface area contributed by atoms with Gasteiger partial charge in [0, 0.05) is 0 Å². The monoisotopic (exact) mass is 426 g/mol. The maximum absolute atomic E-state index is 13.3. The van der Waals surface area contributed by atoms with E-state index in [0.29, 0.717) is 12.8 Å². The SMILES string of the molecule is C[Si](C)(C1=C(Cc2ccccc2)C=CC1)c1cc(C(F)(F)F)cc(C(F)(F)F)c1. The van der Waals surface area contributed by atoms with E-state index in [9.17, 15) is 26.3 Å². The molecule has 0 saturated heterocycles. The van der Waals surface area contributed by atoms with Crippen LogP contribution in [0.3, 0.4) is 0 Å². The zero-order valence-corrected chi connectivity index (χ0v) is 17.0. The van der Waals surface area contributed by atoms with E-state index in [-0.39, 0.29) is 11.3 Å². The largest absolute Gasteiger partial charge is 0.416 e. The Hall–Kier alpha value is -2.28. The molecule has 0 N–H and O–H groups in total. The van der Waals surface area contributed by atoms with Crippen molar-refractivity contribution in [2.75, 3.05) is 0 Å². The van der Waals surface area contributed by atoms with E-state index in [1.54, 1.807) is 0 Å². The van der Waals surface area contributed by atoms with Gasteiger partial charge in [0.25, 0.3) is 0 Å². The highest BCUT2D eigenvalue weighted by molar-refractivity contribution is 6.95. The van der Waals surface area contributed by atoms with E-state index < -0.39 is 31.6 Å². The summed E-state index contributed by atoms with van der Waals surface area (Å²) in [5, 5.41) is 1.11. The minimum Gasteiger partial charge on any atom is -0.166 e. The molecular formula is C22H20F6Si. The van der Waals surface area contributed by atoms with Crippen LogP contribution in [0, 0.1) is 0 Å². The van der Waals surface area contributed by atoms with Gasteiger partial charge in [0.1, 0.15) is 8.07 Å². The minimum absolute atomic E-state index is 0.143. The fourth-order valence-corrected chi connectivity index (χ4v) is 6.66. The predicted molar refractivity (Wildman–Crippen MR) is 104 cm³/mol. The molecule has 154 valence electrons. The van der Waals surface area contributed by atoms with E-state index in [2.05, 4.69) is 0 Å². The lowest BCUT2D eigenvalue weighted by Gasteiger charge is -2.28. The average molecular weight is 426 g/mol. The second kappa shape index (κ2) is 7.52. The van der Waals surface area contributed by atoms with Crippen LogP contribution in [0.15, 0.2) is 71.5 Å². The number of hydrogen-bond donors (Lipinski definition) is 0. The molecule has 0 bridgehead atoms. The fourth-order valence-electron chi connectivity index (χ4n) is 3.68. The minimum atomic E-state index is -4.84. The van der Waals surface area contributed by atoms with Crippen molar-refractivity contribution in [3.63, 3.8) is 0 Å². The molecule has 29 heavy (non-hydrogen) atoms. The third-order valence-electron chi connectivity index (χ3n) is 5.33. The lowest BCUT2D eigenvalue weighted by molar-refractivity contribution is -0.142. The Labute approximate surface area is 166 Å². The van der Waals surface area contributed by atoms with Crippen molar-refractivity contribution in [2.24, 2.45) is 0 Å². The van der Waals surface area contributed by atoms with Crippen molar-refractivity contribution in [1.29, 1.82) is 0 Å². The number of halogens is 6. The van der Waals surface area contributed by atoms with Crippen LogP contribution in [0.5, 0.6) is 0 Å². The zero-order valence-electron chi connectivity index (χ0n) is 16.0. The molecule has 0 spiro atoms. The highest BCUT2D eigenvalue weighted by Crippen LogP contribution is 2.37. The van der Waals surface area contributed by atoms with Gasteiger partial charge in [-0.1, -0.05) is 78.1 Å². The van der Waals surface area contributed by atoms with E-state index in [0.717, 1.165) is 28.5 Å². The van der Waals surface area contributed by atoms with Gasteiger partial charge in [-0.15, -0.1) is 0 Å². The maximum atomic E-state index is 13.3. The van der Waals surface area contributed by atoms with Crippen LogP contribution >= 0.6 is 0 Å². The third-order valence-corrected chi connectivity index (χ3v) is 9.10. The first-order chi connectivity index (χ1) is 13.4. The van der Waals surface area contributed by atoms with Crippen molar-refractivity contribution >= 4 is 13.3 Å². The zero-order chi connectivity index (χ0) is 21.4. The van der Waals surface area contributed by atoms with Crippen LogP contribution in [-0.2, 0) is 18.8 Å². The fraction of sp³-hybridized carbons (Fsp3) is 0.273. The molecule has 7 heteroatoms. The van der Waals surface area contributed by atoms with E-state index in [4.69, 9.17) is 0 Å². The first kappa shape index (κ1) is 21.4. The Balaban J connectivity index is 2.09. The van der Waals surface area contributed by atoms with E-state index >= 15 is 0 Å². The Morgan fingerprint density at radius 1 is 0.828 bits per heavy atom. The standard InChI is InChI=1S/C22H20F6Si/c1-29(2,20-10-6-9-16(20)11-15-7-4-3-5-8-15)19-13-17(21(23,24)25)12-18(14-19)22(26,27)28/h3-9,12-14H,10-11H2,1-2H3. The molecule has 0 nitrogen and oxygen atoms in total. The maximum Gasteiger partial charge on any atom is 0.416 e. The molecule has 0 saturated carbocycles. The Morgan fingerprint density at radius 2 is 1.38 bits per heavy atom. The molecule has 2 aromatic carbocycles. The first-order valence-corrected chi connectivity index (χ1v) is 12.1. The van der Waals surface area contributed by atoms with Gasteiger partial charge in [-0.05, 0) is 30.0 Å². The van der Waals surface area contributed by atoms with Crippen molar-refractivity contribution in [2.45, 2.75) is 38.3 Å². The normalized spacial score (nSPS) is 15.3. The Morgan fingerprint density at radius 3 is 1.90 bits per heavy atom. The summed E-state index contributed by atoms with van der Waals surface area (Å²) in [6, 6.07) is 11.6. The molecule has 0 heterocycles. The summed E-state index contributed by atoms with van der Waals surface area (Å²) in [6.07, 6.45) is -4.64. The number of hydrogen-bond acceptors (Lipinski definition) is 0. The number of rotatable bonds is 4. The number of benzene rings is 2. The van der Waals surface area contributed by atoms with Gasteiger partial charge in [-0.25, -0.2) is 0 Å². The lowest BCUT2D eigenvalue weighted by atomic mass is 10.1. The van der Waals surface area contributed by atoms with Gasteiger partial charge in [0.2, 0.25) is 0 Å². The van der Waals surface area contributed by atoms with Gasteiger partial charge in [0.05, 0.1) is 11.1 Å². The summed E-state index contributed by atoms with van der Waals surface area (Å²) in [7, 11) is -2.77. The van der Waals surface area contributed by atoms with Gasteiger partial charge < -0.3 is 0 Å². The molecule has 3 rings (SSSR count). The average Bonchev–Trinajstić information content (AvgIpc) is 3.09. The van der Waals surface area contributed by atoms with Crippen molar-refractivity contribution in [3.8, 4) is 0 Å². The second-order valence-electron chi connectivity index (χ2n) is 7.69. The topological polar surface area (TPSA) is 0 Å². The lowest BCUT2D eigenvalue weighted by Crippen LogP contribution is -2.45. The number of allylic oxidation sites excluding steroid dienone is 4. The molecule has 0 aromatic heterocycles.